The summed E-state index contributed by atoms with van der Waals surface area (Å²) in [5.41, 5.74) is 6.72. The van der Waals surface area contributed by atoms with Gasteiger partial charge in [-0.3, -0.25) is 9.59 Å². The van der Waals surface area contributed by atoms with Crippen molar-refractivity contribution in [3.05, 3.63) is 72.3 Å². The van der Waals surface area contributed by atoms with Crippen molar-refractivity contribution in [1.29, 1.82) is 0 Å². The van der Waals surface area contributed by atoms with Crippen LogP contribution in [0.4, 0.5) is 4.79 Å². The molecule has 5 heterocycles. The fourth-order valence-corrected chi connectivity index (χ4v) is 8.95. The highest BCUT2D eigenvalue weighted by Gasteiger charge is 2.43. The summed E-state index contributed by atoms with van der Waals surface area (Å²) in [6.45, 7) is 9.22. The second-order valence-electron chi connectivity index (χ2n) is 16.2. The number of benzene rings is 3. The summed E-state index contributed by atoms with van der Waals surface area (Å²) in [7, 11) is 4.42. The fraction of sp³-hybridized carbons (Fsp3) is 0.455. The largest absolute Gasteiger partial charge is 0.488 e. The third kappa shape index (κ3) is 7.28. The quantitative estimate of drug-likeness (QED) is 0.130. The Bertz CT molecular complexity index is 2350. The molecule has 3 aliphatic rings. The number of hydrogen-bond donors (Lipinski definition) is 3. The lowest BCUT2D eigenvalue weighted by atomic mass is 9.92. The average Bonchev–Trinajstić information content (AvgIpc) is 4.04. The number of alkyl carbamates (subject to hydrolysis) is 1. The smallest absolute Gasteiger partial charge is 0.407 e. The van der Waals surface area contributed by atoms with Gasteiger partial charge in [0.15, 0.2) is 0 Å². The molecule has 3 amide bonds. The first kappa shape index (κ1) is 39.4. The number of nitrogens with one attached hydrogen (secondary N) is 3. The predicted molar refractivity (Wildman–Crippen MR) is 219 cm³/mol. The molecule has 0 saturated carbocycles. The number of ether oxygens (including phenoxy) is 4. The molecule has 14 heteroatoms. The molecule has 3 N–H and O–H groups in total. The second-order valence-corrected chi connectivity index (χ2v) is 16.2. The minimum atomic E-state index is -0.955. The number of hydrogen-bond acceptors (Lipinski definition) is 9. The number of methoxy groups -OCH3 is 3. The van der Waals surface area contributed by atoms with Gasteiger partial charge in [0.2, 0.25) is 11.8 Å². The van der Waals surface area contributed by atoms with E-state index in [0.29, 0.717) is 32.0 Å². The molecule has 8 rings (SSSR count). The molecule has 305 valence electrons. The van der Waals surface area contributed by atoms with Crippen LogP contribution in [0.25, 0.3) is 44.2 Å². The number of nitrogens with zero attached hydrogens (tertiary/aromatic N) is 4. The molecule has 3 aromatic carbocycles. The first-order valence-corrected chi connectivity index (χ1v) is 20.1. The molecule has 2 saturated heterocycles. The van der Waals surface area contributed by atoms with E-state index in [1.165, 1.54) is 14.2 Å². The summed E-state index contributed by atoms with van der Waals surface area (Å²) < 4.78 is 22.2. The van der Waals surface area contributed by atoms with Crippen LogP contribution in [0.1, 0.15) is 76.3 Å². The van der Waals surface area contributed by atoms with Crippen LogP contribution in [0.5, 0.6) is 5.75 Å². The lowest BCUT2D eigenvalue weighted by molar-refractivity contribution is -0.137. The zero-order chi connectivity index (χ0) is 40.8. The minimum Gasteiger partial charge on any atom is -0.488 e. The van der Waals surface area contributed by atoms with Crippen molar-refractivity contribution in [1.82, 2.24) is 35.1 Å². The van der Waals surface area contributed by atoms with E-state index < -0.39 is 18.2 Å². The van der Waals surface area contributed by atoms with Crippen molar-refractivity contribution in [2.45, 2.75) is 83.8 Å². The molecule has 2 unspecified atom stereocenters. The zero-order valence-electron chi connectivity index (χ0n) is 34.1. The van der Waals surface area contributed by atoms with Crippen molar-refractivity contribution in [3.8, 4) is 28.1 Å². The molecule has 6 atom stereocenters. The van der Waals surface area contributed by atoms with E-state index in [1.807, 2.05) is 31.0 Å². The van der Waals surface area contributed by atoms with Gasteiger partial charge in [0.1, 0.15) is 30.0 Å². The summed E-state index contributed by atoms with van der Waals surface area (Å²) in [5, 5.41) is 4.64. The molecule has 2 aromatic heterocycles. The number of carbonyl (C=O) groups is 3. The van der Waals surface area contributed by atoms with Crippen LogP contribution in [-0.4, -0.2) is 100 Å². The van der Waals surface area contributed by atoms with E-state index in [9.17, 15) is 14.4 Å². The van der Waals surface area contributed by atoms with Crippen molar-refractivity contribution in [3.63, 3.8) is 0 Å². The fourth-order valence-electron chi connectivity index (χ4n) is 8.95. The van der Waals surface area contributed by atoms with Crippen molar-refractivity contribution in [2.24, 2.45) is 11.8 Å². The molecule has 2 fully saturated rings. The minimum absolute atomic E-state index is 0.0646. The predicted octanol–water partition coefficient (Wildman–Crippen LogP) is 6.87. The number of H-pyrrole nitrogens is 2. The van der Waals surface area contributed by atoms with Crippen LogP contribution in [0.3, 0.4) is 0 Å². The monoisotopic (exact) mass is 790 g/mol. The van der Waals surface area contributed by atoms with Crippen LogP contribution in [0.2, 0.25) is 0 Å². The average molecular weight is 791 g/mol. The first-order valence-electron chi connectivity index (χ1n) is 20.1. The molecular weight excluding hydrogens is 739 g/mol. The molecular formula is C44H52N7O7. The Labute approximate surface area is 338 Å². The number of aromatic nitrogens is 4. The summed E-state index contributed by atoms with van der Waals surface area (Å²) in [6, 6.07) is 13.4. The highest BCUT2D eigenvalue weighted by Crippen LogP contribution is 2.44. The Kier molecular flexibility index (Phi) is 10.9. The summed E-state index contributed by atoms with van der Waals surface area (Å²) in [5.74, 6) is 2.28. The SMILES string of the molecule is COC[C@H]1CC(c2nc3ccc4cc5c(cc4c3[nH]2)OCc2cc(-c3cnc([C@@H]4CC[C@H](C)N4C(=O)[CH]C(C)C)[nH]3)ccc2-5)N(C(=O)C(NC(=O)OC)[C@@H](C)OC)C1. The molecule has 5 aromatic rings. The number of carbonyl (C=O) groups excluding carboxylic acids is 3. The van der Waals surface area contributed by atoms with Crippen LogP contribution in [0.15, 0.2) is 48.7 Å². The Hall–Kier alpha value is -5.47. The third-order valence-corrected chi connectivity index (χ3v) is 11.9. The van der Waals surface area contributed by atoms with E-state index >= 15 is 0 Å². The van der Waals surface area contributed by atoms with E-state index in [1.54, 1.807) is 25.4 Å². The molecule has 0 aliphatic carbocycles. The van der Waals surface area contributed by atoms with Gasteiger partial charge in [-0.25, -0.2) is 14.8 Å². The lowest BCUT2D eigenvalue weighted by Gasteiger charge is -2.30. The van der Waals surface area contributed by atoms with Gasteiger partial charge in [-0.2, -0.15) is 0 Å². The van der Waals surface area contributed by atoms with Gasteiger partial charge in [-0.15, -0.1) is 0 Å². The number of imidazole rings is 2. The van der Waals surface area contributed by atoms with Crippen LogP contribution in [-0.2, 0) is 30.4 Å². The van der Waals surface area contributed by atoms with E-state index in [-0.39, 0.29) is 41.8 Å². The molecule has 3 aliphatic heterocycles. The number of likely N-dealkylation sites (tertiary alicyclic amines) is 2. The summed E-state index contributed by atoms with van der Waals surface area (Å²) in [6.07, 6.45) is 4.79. The highest BCUT2D eigenvalue weighted by atomic mass is 16.5. The lowest BCUT2D eigenvalue weighted by Crippen LogP contribution is -2.54. The number of aromatic amines is 2. The van der Waals surface area contributed by atoms with Gasteiger partial charge in [-0.05, 0) is 85.4 Å². The van der Waals surface area contributed by atoms with Crippen molar-refractivity contribution in [2.75, 3.05) is 34.5 Å². The van der Waals surface area contributed by atoms with Crippen LogP contribution < -0.4 is 10.1 Å². The molecule has 0 spiro atoms. The number of fused-ring (bicyclic) bond motifs is 6. The topological polar surface area (TPSA) is 164 Å². The number of amides is 3. The maximum Gasteiger partial charge on any atom is 0.407 e. The standard InChI is InChI=1S/C44H52N7O7/c1-23(2)14-38(52)51-24(3)8-13-35(51)41-45-19-34(47-41)28-9-11-30-29(16-28)22-58-37-18-31-27(17-32(30)37)10-12-33-40(31)48-42(46-33)36-15-26(21-55-5)20-50(36)43(53)39(25(4)56-6)49-44(54)57-7/h9-12,14,16-19,23-26,35-36,39H,8,13,15,20-22H2,1-7H3,(H,45,47)(H,46,48)(H,49,54)/t24-,25+,26-,35-,36?,39?/m0/s1. The molecule has 14 nitrogen and oxygen atoms in total. The normalized spacial score (nSPS) is 21.2. The Morgan fingerprint density at radius 1 is 1.00 bits per heavy atom. The van der Waals surface area contributed by atoms with Gasteiger partial charge in [0.05, 0.1) is 61.2 Å². The molecule has 58 heavy (non-hydrogen) atoms. The maximum absolute atomic E-state index is 14.1. The molecule has 1 radical (unpaired) electrons. The van der Waals surface area contributed by atoms with E-state index in [0.717, 1.165) is 74.2 Å². The Morgan fingerprint density at radius 2 is 1.83 bits per heavy atom. The summed E-state index contributed by atoms with van der Waals surface area (Å²) >= 11 is 0. The third-order valence-electron chi connectivity index (χ3n) is 11.9. The van der Waals surface area contributed by atoms with Crippen molar-refractivity contribution < 1.29 is 33.3 Å². The van der Waals surface area contributed by atoms with Gasteiger partial charge in [0, 0.05) is 43.7 Å². The van der Waals surface area contributed by atoms with E-state index in [4.69, 9.17) is 28.9 Å². The first-order chi connectivity index (χ1) is 28.0. The molecule has 0 bridgehead atoms. The Morgan fingerprint density at radius 3 is 2.59 bits per heavy atom. The van der Waals surface area contributed by atoms with E-state index in [2.05, 4.69) is 58.6 Å². The van der Waals surface area contributed by atoms with Crippen molar-refractivity contribution >= 4 is 39.7 Å². The second kappa shape index (κ2) is 16.1. The van der Waals surface area contributed by atoms with Gasteiger partial charge < -0.3 is 44.0 Å². The highest BCUT2D eigenvalue weighted by molar-refractivity contribution is 6.07. The summed E-state index contributed by atoms with van der Waals surface area (Å²) in [4.78, 5) is 60.1. The zero-order valence-corrected chi connectivity index (χ0v) is 34.1. The number of rotatable bonds is 11. The Balaban J connectivity index is 1.07. The van der Waals surface area contributed by atoms with Gasteiger partial charge >= 0.3 is 6.09 Å². The van der Waals surface area contributed by atoms with Crippen LogP contribution >= 0.6 is 0 Å². The van der Waals surface area contributed by atoms with Gasteiger partial charge in [-0.1, -0.05) is 32.0 Å². The maximum atomic E-state index is 14.1. The van der Waals surface area contributed by atoms with Gasteiger partial charge in [0.25, 0.3) is 0 Å². The van der Waals surface area contributed by atoms with Crippen LogP contribution in [0, 0.1) is 18.3 Å².